The summed E-state index contributed by atoms with van der Waals surface area (Å²) in [6, 6.07) is 9.76. The zero-order valence-electron chi connectivity index (χ0n) is 11.9. The van der Waals surface area contributed by atoms with Gasteiger partial charge in [-0.05, 0) is 31.5 Å². The van der Waals surface area contributed by atoms with Crippen molar-refractivity contribution in [2.75, 3.05) is 26.8 Å². The lowest BCUT2D eigenvalue weighted by Crippen LogP contribution is -2.50. The van der Waals surface area contributed by atoms with Crippen LogP contribution in [0.1, 0.15) is 18.4 Å². The number of carbonyl (C=O) groups is 1. The molecule has 1 saturated heterocycles. The van der Waals surface area contributed by atoms with Crippen LogP contribution in [0.25, 0.3) is 0 Å². The van der Waals surface area contributed by atoms with Gasteiger partial charge in [0.25, 0.3) is 5.91 Å². The number of methoxy groups -OCH3 is 1. The summed E-state index contributed by atoms with van der Waals surface area (Å²) < 4.78 is 5.23. The van der Waals surface area contributed by atoms with Crippen LogP contribution >= 0.6 is 0 Å². The highest BCUT2D eigenvalue weighted by Crippen LogP contribution is 2.29. The number of hydrogen-bond acceptors (Lipinski definition) is 4. The van der Waals surface area contributed by atoms with Crippen molar-refractivity contribution in [3.63, 3.8) is 0 Å². The molecule has 1 fully saturated rings. The van der Waals surface area contributed by atoms with Crippen LogP contribution in [0.3, 0.4) is 0 Å². The lowest BCUT2D eigenvalue weighted by molar-refractivity contribution is -0.150. The summed E-state index contributed by atoms with van der Waals surface area (Å²) in [6.07, 6.45) is 1.53. The molecule has 0 atom stereocenters. The second kappa shape index (κ2) is 7.38. The summed E-state index contributed by atoms with van der Waals surface area (Å²) >= 11 is 0. The lowest BCUT2D eigenvalue weighted by atomic mass is 9.79. The molecule has 1 aliphatic heterocycles. The van der Waals surface area contributed by atoms with E-state index < -0.39 is 5.41 Å². The standard InChI is InChI=1S/C15H22N2O3/c1-19-12-15(7-9-16-10-8-15)14(18)17-20-11-13-5-3-2-4-6-13/h2-6,16H,7-12H2,1H3,(H,17,18). The van der Waals surface area contributed by atoms with E-state index in [9.17, 15) is 4.79 Å². The van der Waals surface area contributed by atoms with E-state index in [1.165, 1.54) is 0 Å². The molecule has 1 aromatic rings. The molecule has 1 aromatic carbocycles. The third-order valence-corrected chi connectivity index (χ3v) is 3.71. The van der Waals surface area contributed by atoms with Crippen molar-refractivity contribution in [3.05, 3.63) is 35.9 Å². The number of piperidine rings is 1. The van der Waals surface area contributed by atoms with Gasteiger partial charge in [-0.2, -0.15) is 0 Å². The Balaban J connectivity index is 1.85. The van der Waals surface area contributed by atoms with Gasteiger partial charge in [0.05, 0.1) is 18.6 Å². The van der Waals surface area contributed by atoms with Crippen LogP contribution in [0.5, 0.6) is 0 Å². The average molecular weight is 278 g/mol. The second-order valence-electron chi connectivity index (χ2n) is 5.17. The topological polar surface area (TPSA) is 59.6 Å². The highest BCUT2D eigenvalue weighted by molar-refractivity contribution is 5.82. The largest absolute Gasteiger partial charge is 0.384 e. The maximum atomic E-state index is 12.4. The van der Waals surface area contributed by atoms with Crippen molar-refractivity contribution >= 4 is 5.91 Å². The zero-order chi connectivity index (χ0) is 14.3. The van der Waals surface area contributed by atoms with Crippen molar-refractivity contribution in [3.8, 4) is 0 Å². The number of benzene rings is 1. The van der Waals surface area contributed by atoms with Gasteiger partial charge in [0.1, 0.15) is 0 Å². The van der Waals surface area contributed by atoms with Crippen molar-refractivity contribution in [1.29, 1.82) is 0 Å². The van der Waals surface area contributed by atoms with E-state index in [-0.39, 0.29) is 5.91 Å². The summed E-state index contributed by atoms with van der Waals surface area (Å²) in [5.41, 5.74) is 3.13. The van der Waals surface area contributed by atoms with Gasteiger partial charge in [-0.25, -0.2) is 5.48 Å². The summed E-state index contributed by atoms with van der Waals surface area (Å²) in [5.74, 6) is -0.0863. The quantitative estimate of drug-likeness (QED) is 0.769. The smallest absolute Gasteiger partial charge is 0.252 e. The third kappa shape index (κ3) is 3.79. The monoisotopic (exact) mass is 278 g/mol. The number of hydrogen-bond donors (Lipinski definition) is 2. The Kier molecular flexibility index (Phi) is 5.52. The molecule has 0 aliphatic carbocycles. The van der Waals surface area contributed by atoms with Crippen LogP contribution in [0, 0.1) is 5.41 Å². The molecule has 0 saturated carbocycles. The molecule has 0 unspecified atom stereocenters. The predicted molar refractivity (Wildman–Crippen MR) is 75.8 cm³/mol. The number of carbonyl (C=O) groups excluding carboxylic acids is 1. The average Bonchev–Trinajstić information content (AvgIpc) is 2.49. The molecule has 5 nitrogen and oxygen atoms in total. The molecular weight excluding hydrogens is 256 g/mol. The number of nitrogens with one attached hydrogen (secondary N) is 2. The minimum absolute atomic E-state index is 0.0863. The van der Waals surface area contributed by atoms with E-state index in [2.05, 4.69) is 10.8 Å². The van der Waals surface area contributed by atoms with E-state index in [0.717, 1.165) is 31.5 Å². The molecule has 1 aliphatic rings. The predicted octanol–water partition coefficient (Wildman–Crippen LogP) is 1.25. The Labute approximate surface area is 119 Å². The maximum Gasteiger partial charge on any atom is 0.252 e. The molecule has 1 amide bonds. The maximum absolute atomic E-state index is 12.4. The molecule has 0 radical (unpaired) electrons. The Hall–Kier alpha value is -1.43. The van der Waals surface area contributed by atoms with Crippen LogP contribution in [0.2, 0.25) is 0 Å². The van der Waals surface area contributed by atoms with Gasteiger partial charge in [-0.15, -0.1) is 0 Å². The molecule has 2 rings (SSSR count). The molecule has 0 bridgehead atoms. The van der Waals surface area contributed by atoms with Gasteiger partial charge in [0, 0.05) is 7.11 Å². The van der Waals surface area contributed by atoms with E-state index in [1.54, 1.807) is 7.11 Å². The van der Waals surface area contributed by atoms with Crippen molar-refractivity contribution < 1.29 is 14.4 Å². The highest BCUT2D eigenvalue weighted by atomic mass is 16.7. The van der Waals surface area contributed by atoms with Crippen molar-refractivity contribution in [2.24, 2.45) is 5.41 Å². The molecule has 5 heteroatoms. The van der Waals surface area contributed by atoms with Crippen molar-refractivity contribution in [1.82, 2.24) is 10.8 Å². The minimum Gasteiger partial charge on any atom is -0.384 e. The number of rotatable bonds is 6. The van der Waals surface area contributed by atoms with Gasteiger partial charge < -0.3 is 10.1 Å². The van der Waals surface area contributed by atoms with E-state index in [1.807, 2.05) is 30.3 Å². The number of amides is 1. The van der Waals surface area contributed by atoms with E-state index >= 15 is 0 Å². The Morgan fingerprint density at radius 2 is 2.00 bits per heavy atom. The van der Waals surface area contributed by atoms with Crippen molar-refractivity contribution in [2.45, 2.75) is 19.4 Å². The minimum atomic E-state index is -0.476. The summed E-state index contributed by atoms with van der Waals surface area (Å²) in [5, 5.41) is 3.26. The lowest BCUT2D eigenvalue weighted by Gasteiger charge is -2.35. The first-order valence-electron chi connectivity index (χ1n) is 6.93. The van der Waals surface area contributed by atoms with E-state index in [0.29, 0.717) is 13.2 Å². The van der Waals surface area contributed by atoms with Crippen LogP contribution in [-0.2, 0) is 21.0 Å². The first-order chi connectivity index (χ1) is 9.77. The Bertz CT molecular complexity index is 411. The number of ether oxygens (including phenoxy) is 1. The summed E-state index contributed by atoms with van der Waals surface area (Å²) in [4.78, 5) is 17.7. The fourth-order valence-electron chi connectivity index (χ4n) is 2.49. The summed E-state index contributed by atoms with van der Waals surface area (Å²) in [7, 11) is 1.63. The van der Waals surface area contributed by atoms with Crippen LogP contribution in [0.4, 0.5) is 0 Å². The fourth-order valence-corrected chi connectivity index (χ4v) is 2.49. The molecule has 110 valence electrons. The van der Waals surface area contributed by atoms with Crippen LogP contribution in [0.15, 0.2) is 30.3 Å². The molecule has 0 aromatic heterocycles. The molecule has 2 N–H and O–H groups in total. The van der Waals surface area contributed by atoms with Gasteiger partial charge in [-0.3, -0.25) is 9.63 Å². The van der Waals surface area contributed by atoms with E-state index in [4.69, 9.17) is 9.57 Å². The number of hydroxylamine groups is 1. The van der Waals surface area contributed by atoms with Gasteiger partial charge in [0.2, 0.25) is 0 Å². The molecule has 1 heterocycles. The van der Waals surface area contributed by atoms with Gasteiger partial charge >= 0.3 is 0 Å². The summed E-state index contributed by atoms with van der Waals surface area (Å²) in [6.45, 7) is 2.45. The molecule has 0 spiro atoms. The van der Waals surface area contributed by atoms with Crippen LogP contribution < -0.4 is 10.8 Å². The van der Waals surface area contributed by atoms with Crippen LogP contribution in [-0.4, -0.2) is 32.7 Å². The highest BCUT2D eigenvalue weighted by Gasteiger charge is 2.39. The molecular formula is C15H22N2O3. The SMILES string of the molecule is COCC1(C(=O)NOCc2ccccc2)CCNCC1. The van der Waals surface area contributed by atoms with Gasteiger partial charge in [0.15, 0.2) is 0 Å². The normalized spacial score (nSPS) is 17.6. The second-order valence-corrected chi connectivity index (χ2v) is 5.17. The van der Waals surface area contributed by atoms with Gasteiger partial charge in [-0.1, -0.05) is 30.3 Å². The zero-order valence-corrected chi connectivity index (χ0v) is 11.9. The Morgan fingerprint density at radius 1 is 1.30 bits per heavy atom. The fraction of sp³-hybridized carbons (Fsp3) is 0.533. The third-order valence-electron chi connectivity index (χ3n) is 3.71. The Morgan fingerprint density at radius 3 is 2.65 bits per heavy atom. The molecule has 20 heavy (non-hydrogen) atoms. The first kappa shape index (κ1) is 15.0. The first-order valence-corrected chi connectivity index (χ1v) is 6.93.